The van der Waals surface area contributed by atoms with Gasteiger partial charge in [0.2, 0.25) is 0 Å². The second kappa shape index (κ2) is 6.80. The summed E-state index contributed by atoms with van der Waals surface area (Å²) in [5, 5.41) is 3.29. The number of hydrogen-bond donors (Lipinski definition) is 1. The van der Waals surface area contributed by atoms with Gasteiger partial charge >= 0.3 is 0 Å². The highest BCUT2D eigenvalue weighted by atomic mass is 79.9. The molecule has 3 nitrogen and oxygen atoms in total. The molecular weight excluding hydrogens is 256 g/mol. The molecule has 0 amide bonds. The van der Waals surface area contributed by atoms with Crippen LogP contribution in [0.15, 0.2) is 16.7 Å². The summed E-state index contributed by atoms with van der Waals surface area (Å²) in [6, 6.07) is 2.06. The van der Waals surface area contributed by atoms with Crippen LogP contribution in [-0.2, 0) is 4.74 Å². The average Bonchev–Trinajstić information content (AvgIpc) is 2.20. The van der Waals surface area contributed by atoms with E-state index < -0.39 is 0 Å². The van der Waals surface area contributed by atoms with Crippen LogP contribution in [0.4, 0.5) is 5.82 Å². The Morgan fingerprint density at radius 3 is 2.93 bits per heavy atom. The summed E-state index contributed by atoms with van der Waals surface area (Å²) < 4.78 is 6.00. The summed E-state index contributed by atoms with van der Waals surface area (Å²) >= 11 is 3.48. The van der Waals surface area contributed by atoms with Gasteiger partial charge in [0.1, 0.15) is 5.82 Å². The fourth-order valence-corrected chi connectivity index (χ4v) is 1.85. The van der Waals surface area contributed by atoms with Crippen LogP contribution < -0.4 is 5.32 Å². The second-order valence-electron chi connectivity index (χ2n) is 3.47. The van der Waals surface area contributed by atoms with Crippen molar-refractivity contribution in [2.24, 2.45) is 0 Å². The third-order valence-corrected chi connectivity index (χ3v) is 2.65. The van der Waals surface area contributed by atoms with Crippen LogP contribution in [0.3, 0.4) is 0 Å². The van der Waals surface area contributed by atoms with Crippen molar-refractivity contribution in [3.05, 3.63) is 22.3 Å². The highest BCUT2D eigenvalue weighted by molar-refractivity contribution is 9.10. The van der Waals surface area contributed by atoms with Gasteiger partial charge in [0.05, 0.1) is 4.47 Å². The molecule has 0 fully saturated rings. The molecule has 4 heteroatoms. The van der Waals surface area contributed by atoms with E-state index in [9.17, 15) is 0 Å². The number of methoxy groups -OCH3 is 1. The van der Waals surface area contributed by atoms with Gasteiger partial charge in [0, 0.05) is 26.5 Å². The van der Waals surface area contributed by atoms with Gasteiger partial charge in [-0.1, -0.05) is 0 Å². The number of pyridine rings is 1. The van der Waals surface area contributed by atoms with E-state index in [1.165, 1.54) is 0 Å². The van der Waals surface area contributed by atoms with Gasteiger partial charge in [0.25, 0.3) is 0 Å². The molecule has 0 bridgehead atoms. The van der Waals surface area contributed by atoms with Crippen LogP contribution in [0.5, 0.6) is 0 Å². The summed E-state index contributed by atoms with van der Waals surface area (Å²) in [6.45, 7) is 3.78. The van der Waals surface area contributed by atoms with E-state index in [4.69, 9.17) is 4.74 Å². The minimum absolute atomic E-state index is 0.824. The van der Waals surface area contributed by atoms with Gasteiger partial charge in [-0.05, 0) is 47.3 Å². The summed E-state index contributed by atoms with van der Waals surface area (Å²) in [5.74, 6) is 0.915. The molecule has 1 N–H and O–H groups in total. The number of unbranched alkanes of at least 4 members (excludes halogenated alkanes) is 1. The van der Waals surface area contributed by atoms with Crippen molar-refractivity contribution in [3.8, 4) is 0 Å². The molecule has 0 aromatic carbocycles. The van der Waals surface area contributed by atoms with E-state index in [-0.39, 0.29) is 0 Å². The molecule has 0 aliphatic rings. The molecule has 0 unspecified atom stereocenters. The van der Waals surface area contributed by atoms with Crippen LogP contribution in [0.1, 0.15) is 18.4 Å². The third-order valence-electron chi connectivity index (χ3n) is 2.05. The monoisotopic (exact) mass is 272 g/mol. The highest BCUT2D eigenvalue weighted by Gasteiger charge is 1.99. The number of anilines is 1. The number of rotatable bonds is 6. The lowest BCUT2D eigenvalue weighted by Gasteiger charge is -2.07. The standard InChI is InChI=1S/C11H17BrN2O/c1-9-7-10(12)11(14-8-9)13-5-3-4-6-15-2/h7-8H,3-6H2,1-2H3,(H,13,14). The fraction of sp³-hybridized carbons (Fsp3) is 0.545. The Labute approximate surface area is 99.4 Å². The largest absolute Gasteiger partial charge is 0.385 e. The molecule has 1 heterocycles. The molecule has 1 aromatic rings. The Kier molecular flexibility index (Phi) is 5.65. The molecule has 15 heavy (non-hydrogen) atoms. The maximum atomic E-state index is 4.98. The first-order chi connectivity index (χ1) is 7.24. The van der Waals surface area contributed by atoms with Gasteiger partial charge in [-0.3, -0.25) is 0 Å². The molecule has 0 atom stereocenters. The van der Waals surface area contributed by atoms with E-state index in [0.29, 0.717) is 0 Å². The number of halogens is 1. The summed E-state index contributed by atoms with van der Waals surface area (Å²) in [5.41, 5.74) is 1.16. The van der Waals surface area contributed by atoms with Crippen molar-refractivity contribution >= 4 is 21.7 Å². The Balaban J connectivity index is 2.31. The van der Waals surface area contributed by atoms with Crippen LogP contribution in [-0.4, -0.2) is 25.2 Å². The predicted octanol–water partition coefficient (Wildman–Crippen LogP) is 2.99. The first-order valence-corrected chi connectivity index (χ1v) is 5.88. The lowest BCUT2D eigenvalue weighted by molar-refractivity contribution is 0.194. The summed E-state index contributed by atoms with van der Waals surface area (Å²) in [4.78, 5) is 4.31. The zero-order chi connectivity index (χ0) is 11.1. The predicted molar refractivity (Wildman–Crippen MR) is 66.3 cm³/mol. The Morgan fingerprint density at radius 2 is 2.27 bits per heavy atom. The lowest BCUT2D eigenvalue weighted by atomic mass is 10.3. The van der Waals surface area contributed by atoms with E-state index >= 15 is 0 Å². The summed E-state index contributed by atoms with van der Waals surface area (Å²) in [6.07, 6.45) is 4.03. The minimum Gasteiger partial charge on any atom is -0.385 e. The molecule has 0 saturated carbocycles. The molecule has 0 spiro atoms. The number of ether oxygens (including phenoxy) is 1. The third kappa shape index (κ3) is 4.62. The van der Waals surface area contributed by atoms with Gasteiger partial charge in [-0.2, -0.15) is 0 Å². The number of nitrogens with zero attached hydrogens (tertiary/aromatic N) is 1. The second-order valence-corrected chi connectivity index (χ2v) is 4.32. The number of aryl methyl sites for hydroxylation is 1. The quantitative estimate of drug-likeness (QED) is 0.809. The van der Waals surface area contributed by atoms with Crippen LogP contribution in [0.25, 0.3) is 0 Å². The zero-order valence-corrected chi connectivity index (χ0v) is 10.8. The van der Waals surface area contributed by atoms with Crippen molar-refractivity contribution in [2.45, 2.75) is 19.8 Å². The first kappa shape index (κ1) is 12.5. The van der Waals surface area contributed by atoms with Crippen LogP contribution in [0.2, 0.25) is 0 Å². The van der Waals surface area contributed by atoms with Crippen LogP contribution in [0, 0.1) is 6.92 Å². The Bertz CT molecular complexity index is 305. The lowest BCUT2D eigenvalue weighted by Crippen LogP contribution is -2.05. The molecule has 84 valence electrons. The van der Waals surface area contributed by atoms with Crippen molar-refractivity contribution in [3.63, 3.8) is 0 Å². The van der Waals surface area contributed by atoms with E-state index in [1.807, 2.05) is 13.1 Å². The summed E-state index contributed by atoms with van der Waals surface area (Å²) in [7, 11) is 1.73. The van der Waals surface area contributed by atoms with Gasteiger partial charge in [0.15, 0.2) is 0 Å². The van der Waals surface area contributed by atoms with E-state index in [1.54, 1.807) is 7.11 Å². The van der Waals surface area contributed by atoms with Crippen molar-refractivity contribution in [1.82, 2.24) is 4.98 Å². The first-order valence-electron chi connectivity index (χ1n) is 5.09. The minimum atomic E-state index is 0.824. The van der Waals surface area contributed by atoms with E-state index in [2.05, 4.69) is 32.3 Å². The van der Waals surface area contributed by atoms with Crippen LogP contribution >= 0.6 is 15.9 Å². The molecule has 1 aromatic heterocycles. The Hall–Kier alpha value is -0.610. The average molecular weight is 273 g/mol. The fourth-order valence-electron chi connectivity index (χ4n) is 1.24. The van der Waals surface area contributed by atoms with Crippen molar-refractivity contribution in [1.29, 1.82) is 0 Å². The smallest absolute Gasteiger partial charge is 0.140 e. The maximum Gasteiger partial charge on any atom is 0.140 e. The number of nitrogens with one attached hydrogen (secondary N) is 1. The molecule has 0 radical (unpaired) electrons. The van der Waals surface area contributed by atoms with E-state index in [0.717, 1.165) is 41.8 Å². The van der Waals surface area contributed by atoms with Gasteiger partial charge < -0.3 is 10.1 Å². The molecule has 0 aliphatic carbocycles. The zero-order valence-electron chi connectivity index (χ0n) is 9.22. The topological polar surface area (TPSA) is 34.1 Å². The Morgan fingerprint density at radius 1 is 1.47 bits per heavy atom. The molecular formula is C11H17BrN2O. The molecule has 0 aliphatic heterocycles. The van der Waals surface area contributed by atoms with Crippen molar-refractivity contribution < 1.29 is 4.74 Å². The maximum absolute atomic E-state index is 4.98. The van der Waals surface area contributed by atoms with Gasteiger partial charge in [-0.15, -0.1) is 0 Å². The normalized spacial score (nSPS) is 10.3. The highest BCUT2D eigenvalue weighted by Crippen LogP contribution is 2.20. The SMILES string of the molecule is COCCCCNc1ncc(C)cc1Br. The van der Waals surface area contributed by atoms with Crippen molar-refractivity contribution in [2.75, 3.05) is 25.6 Å². The number of aromatic nitrogens is 1. The molecule has 0 saturated heterocycles. The van der Waals surface area contributed by atoms with Gasteiger partial charge in [-0.25, -0.2) is 4.98 Å². The number of hydrogen-bond acceptors (Lipinski definition) is 3. The molecule has 1 rings (SSSR count).